The first-order valence-corrected chi connectivity index (χ1v) is 10.6. The van der Waals surface area contributed by atoms with Crippen molar-refractivity contribution in [3.05, 3.63) is 57.2 Å². The lowest BCUT2D eigenvalue weighted by Crippen LogP contribution is -2.30. The topological polar surface area (TPSA) is 68.5 Å². The molecule has 3 rings (SSSR count). The third-order valence-corrected chi connectivity index (χ3v) is 6.19. The molecule has 1 aromatic carbocycles. The Balaban J connectivity index is 2.08. The Morgan fingerprint density at radius 2 is 1.84 bits per heavy atom. The molecule has 1 aromatic heterocycles. The highest BCUT2D eigenvalue weighted by molar-refractivity contribution is 14.1. The van der Waals surface area contributed by atoms with Crippen LogP contribution < -0.4 is 5.49 Å². The van der Waals surface area contributed by atoms with Crippen molar-refractivity contribution in [3.8, 4) is 0 Å². The lowest BCUT2D eigenvalue weighted by molar-refractivity contribution is -0.123. The smallest absolute Gasteiger partial charge is 0.284 e. The van der Waals surface area contributed by atoms with Crippen LogP contribution >= 0.6 is 22.6 Å². The molecule has 0 radical (unpaired) electrons. The van der Waals surface area contributed by atoms with Crippen LogP contribution in [0.1, 0.15) is 31.4 Å². The van der Waals surface area contributed by atoms with E-state index in [1.165, 1.54) is 0 Å². The number of halogens is 1. The summed E-state index contributed by atoms with van der Waals surface area (Å²) in [5, 5.41) is 0. The Kier molecular flexibility index (Phi) is 5.15. The Morgan fingerprint density at radius 1 is 1.20 bits per heavy atom. The number of hydrogen-bond donors (Lipinski definition) is 0. The summed E-state index contributed by atoms with van der Waals surface area (Å²) in [6.45, 7) is 3.69. The van der Waals surface area contributed by atoms with Crippen LogP contribution in [-0.4, -0.2) is 18.8 Å². The first-order chi connectivity index (χ1) is 11.8. The number of carbonyl (C=O) groups excluding carboxylic acids is 1. The zero-order valence-corrected chi connectivity index (χ0v) is 17.0. The number of aromatic nitrogens is 1. The fourth-order valence-corrected chi connectivity index (χ4v) is 4.07. The first kappa shape index (κ1) is 18.3. The maximum Gasteiger partial charge on any atom is 0.284 e. The van der Waals surface area contributed by atoms with Gasteiger partial charge in [-0.3, -0.25) is 4.79 Å². The van der Waals surface area contributed by atoms with Gasteiger partial charge in [-0.25, -0.2) is 0 Å². The second-order valence-corrected chi connectivity index (χ2v) is 9.19. The van der Waals surface area contributed by atoms with Crippen molar-refractivity contribution in [2.45, 2.75) is 37.6 Å². The van der Waals surface area contributed by atoms with Gasteiger partial charge in [0, 0.05) is 15.7 Å². The molecule has 5 nitrogen and oxygen atoms in total. The first-order valence-electron chi connectivity index (χ1n) is 8.07. The molecule has 1 unspecified atom stereocenters. The molecule has 1 saturated carbocycles. The minimum absolute atomic E-state index is 0.0990. The SMILES string of the molecule is Cc1ccc(S(=O)(=O)/N=c2\ccc(I)cn2C(C)C(=O)C2CC2)cc1. The molecule has 0 N–H and O–H groups in total. The summed E-state index contributed by atoms with van der Waals surface area (Å²) >= 11 is 2.14. The maximum absolute atomic E-state index is 12.6. The van der Waals surface area contributed by atoms with Gasteiger partial charge in [-0.2, -0.15) is 8.42 Å². The predicted molar refractivity (Wildman–Crippen MR) is 104 cm³/mol. The number of nitrogens with zero attached hydrogens (tertiary/aromatic N) is 2. The van der Waals surface area contributed by atoms with Crippen molar-refractivity contribution < 1.29 is 13.2 Å². The molecular formula is C18H19IN2O3S. The third kappa shape index (κ3) is 4.20. The summed E-state index contributed by atoms with van der Waals surface area (Å²) in [5.41, 5.74) is 1.24. The summed E-state index contributed by atoms with van der Waals surface area (Å²) in [6, 6.07) is 9.56. The van der Waals surface area contributed by atoms with E-state index in [0.717, 1.165) is 22.0 Å². The Hall–Kier alpha value is -1.48. The van der Waals surface area contributed by atoms with Crippen LogP contribution in [0.2, 0.25) is 0 Å². The van der Waals surface area contributed by atoms with Gasteiger partial charge in [0.25, 0.3) is 10.0 Å². The van der Waals surface area contributed by atoms with Crippen LogP contribution in [-0.2, 0) is 14.8 Å². The Labute approximate surface area is 161 Å². The van der Waals surface area contributed by atoms with Gasteiger partial charge in [-0.15, -0.1) is 4.40 Å². The lowest BCUT2D eigenvalue weighted by atomic mass is 10.1. The van der Waals surface area contributed by atoms with E-state index in [0.29, 0.717) is 0 Å². The lowest BCUT2D eigenvalue weighted by Gasteiger charge is -2.15. The maximum atomic E-state index is 12.6. The molecule has 0 aliphatic heterocycles. The fraction of sp³-hybridized carbons (Fsp3) is 0.333. The summed E-state index contributed by atoms with van der Waals surface area (Å²) in [4.78, 5) is 12.6. The molecular weight excluding hydrogens is 451 g/mol. The molecule has 25 heavy (non-hydrogen) atoms. The highest BCUT2D eigenvalue weighted by atomic mass is 127. The van der Waals surface area contributed by atoms with Crippen LogP contribution in [0.5, 0.6) is 0 Å². The van der Waals surface area contributed by atoms with E-state index in [1.54, 1.807) is 54.1 Å². The molecule has 1 heterocycles. The van der Waals surface area contributed by atoms with Gasteiger partial charge in [-0.1, -0.05) is 17.7 Å². The molecule has 2 aromatic rings. The van der Waals surface area contributed by atoms with Gasteiger partial charge in [0.15, 0.2) is 5.78 Å². The molecule has 1 aliphatic rings. The van der Waals surface area contributed by atoms with Crippen LogP contribution in [0.25, 0.3) is 0 Å². The van der Waals surface area contributed by atoms with E-state index in [2.05, 4.69) is 27.0 Å². The van der Waals surface area contributed by atoms with Gasteiger partial charge < -0.3 is 4.57 Å². The molecule has 1 atom stereocenters. The molecule has 1 aliphatic carbocycles. The number of Topliss-reactive ketones (excluding diaryl/α,β-unsaturated/α-hetero) is 1. The van der Waals surface area contributed by atoms with E-state index in [-0.39, 0.29) is 22.1 Å². The minimum Gasteiger partial charge on any atom is -0.321 e. The van der Waals surface area contributed by atoms with Crippen molar-refractivity contribution in [1.82, 2.24) is 4.57 Å². The second kappa shape index (κ2) is 7.03. The van der Waals surface area contributed by atoms with Gasteiger partial charge in [0.1, 0.15) is 5.49 Å². The number of hydrogen-bond acceptors (Lipinski definition) is 3. The molecule has 0 spiro atoms. The van der Waals surface area contributed by atoms with E-state index in [4.69, 9.17) is 0 Å². The van der Waals surface area contributed by atoms with Crippen molar-refractivity contribution in [2.24, 2.45) is 10.3 Å². The average Bonchev–Trinajstić information content (AvgIpc) is 3.40. The van der Waals surface area contributed by atoms with Gasteiger partial charge in [-0.05, 0) is 73.5 Å². The van der Waals surface area contributed by atoms with Crippen molar-refractivity contribution in [3.63, 3.8) is 0 Å². The fourth-order valence-electron chi connectivity index (χ4n) is 2.60. The van der Waals surface area contributed by atoms with Crippen LogP contribution in [0, 0.1) is 16.4 Å². The average molecular weight is 470 g/mol. The Bertz CT molecular complexity index is 974. The number of benzene rings is 1. The molecule has 0 amide bonds. The molecule has 1 fully saturated rings. The monoisotopic (exact) mass is 470 g/mol. The van der Waals surface area contributed by atoms with Crippen LogP contribution in [0.4, 0.5) is 0 Å². The van der Waals surface area contributed by atoms with Crippen molar-refractivity contribution in [2.75, 3.05) is 0 Å². The number of sulfonamides is 1. The number of aryl methyl sites for hydroxylation is 1. The zero-order chi connectivity index (χ0) is 18.2. The number of pyridine rings is 1. The number of ketones is 1. The third-order valence-electron chi connectivity index (χ3n) is 4.26. The van der Waals surface area contributed by atoms with E-state index in [1.807, 2.05) is 6.92 Å². The van der Waals surface area contributed by atoms with Crippen molar-refractivity contribution in [1.29, 1.82) is 0 Å². The standard InChI is InChI=1S/C18H19IN2O3S/c1-12-3-8-16(9-4-12)25(23,24)20-17-10-7-15(19)11-21(17)13(2)18(22)14-5-6-14/h3-4,7-11,13-14H,5-6H2,1-2H3/b20-17+. The molecule has 132 valence electrons. The summed E-state index contributed by atoms with van der Waals surface area (Å²) < 4.78 is 31.8. The summed E-state index contributed by atoms with van der Waals surface area (Å²) in [7, 11) is -3.84. The van der Waals surface area contributed by atoms with Crippen LogP contribution in [0.15, 0.2) is 51.9 Å². The normalized spacial score (nSPS) is 16.7. The Morgan fingerprint density at radius 3 is 2.44 bits per heavy atom. The minimum atomic E-state index is -3.84. The number of carbonyl (C=O) groups is 1. The molecule has 7 heteroatoms. The quantitative estimate of drug-likeness (QED) is 0.631. The highest BCUT2D eigenvalue weighted by Gasteiger charge is 2.33. The highest BCUT2D eigenvalue weighted by Crippen LogP contribution is 2.33. The zero-order valence-electron chi connectivity index (χ0n) is 14.0. The summed E-state index contributed by atoms with van der Waals surface area (Å²) in [5.74, 6) is 0.234. The molecule has 0 bridgehead atoms. The van der Waals surface area contributed by atoms with Crippen LogP contribution in [0.3, 0.4) is 0 Å². The van der Waals surface area contributed by atoms with Gasteiger partial charge in [0.2, 0.25) is 0 Å². The van der Waals surface area contributed by atoms with E-state index < -0.39 is 16.1 Å². The van der Waals surface area contributed by atoms with Gasteiger partial charge in [0.05, 0.1) is 10.9 Å². The largest absolute Gasteiger partial charge is 0.321 e. The molecule has 0 saturated heterocycles. The van der Waals surface area contributed by atoms with E-state index >= 15 is 0 Å². The predicted octanol–water partition coefficient (Wildman–Crippen LogP) is 3.23. The van der Waals surface area contributed by atoms with Crippen molar-refractivity contribution >= 4 is 38.4 Å². The van der Waals surface area contributed by atoms with Gasteiger partial charge >= 0.3 is 0 Å². The summed E-state index contributed by atoms with van der Waals surface area (Å²) in [6.07, 6.45) is 3.61. The number of rotatable bonds is 5. The second-order valence-electron chi connectivity index (χ2n) is 6.34. The van der Waals surface area contributed by atoms with E-state index in [9.17, 15) is 13.2 Å².